The Morgan fingerprint density at radius 2 is 2.10 bits per heavy atom. The SMILES string of the molecule is Cc1ccc(-c2nnc(SC3CCOC3=O)n2N)cc1. The van der Waals surface area contributed by atoms with Crippen LogP contribution >= 0.6 is 11.8 Å². The second kappa shape index (κ2) is 5.16. The van der Waals surface area contributed by atoms with Crippen LogP contribution in [0.3, 0.4) is 0 Å². The number of aromatic nitrogens is 3. The fourth-order valence-corrected chi connectivity index (χ4v) is 2.89. The van der Waals surface area contributed by atoms with Crippen molar-refractivity contribution in [1.82, 2.24) is 14.9 Å². The van der Waals surface area contributed by atoms with Crippen LogP contribution in [0.25, 0.3) is 11.4 Å². The number of hydrogen-bond acceptors (Lipinski definition) is 6. The minimum absolute atomic E-state index is 0.213. The fraction of sp³-hybridized carbons (Fsp3) is 0.308. The van der Waals surface area contributed by atoms with Gasteiger partial charge in [-0.05, 0) is 6.92 Å². The van der Waals surface area contributed by atoms with Gasteiger partial charge in [-0.3, -0.25) is 4.79 Å². The summed E-state index contributed by atoms with van der Waals surface area (Å²) in [4.78, 5) is 11.5. The van der Waals surface area contributed by atoms with Crippen LogP contribution in [0.5, 0.6) is 0 Å². The van der Waals surface area contributed by atoms with Crippen LogP contribution in [-0.4, -0.2) is 32.7 Å². The number of benzene rings is 1. The van der Waals surface area contributed by atoms with E-state index in [0.717, 1.165) is 5.56 Å². The quantitative estimate of drug-likeness (QED) is 0.679. The van der Waals surface area contributed by atoms with Gasteiger partial charge in [-0.15, -0.1) is 10.2 Å². The first-order valence-corrected chi connectivity index (χ1v) is 7.14. The highest BCUT2D eigenvalue weighted by atomic mass is 32.2. The van der Waals surface area contributed by atoms with Gasteiger partial charge >= 0.3 is 5.97 Å². The molecule has 0 spiro atoms. The molecule has 0 saturated carbocycles. The molecular formula is C13H14N4O2S. The number of thioether (sulfide) groups is 1. The second-order valence-electron chi connectivity index (χ2n) is 4.60. The number of nitrogens with two attached hydrogens (primary N) is 1. The van der Waals surface area contributed by atoms with Gasteiger partial charge in [-0.2, -0.15) is 0 Å². The van der Waals surface area contributed by atoms with E-state index in [1.807, 2.05) is 31.2 Å². The third-order valence-electron chi connectivity index (χ3n) is 3.11. The fourth-order valence-electron chi connectivity index (χ4n) is 1.97. The lowest BCUT2D eigenvalue weighted by Gasteiger charge is -2.06. The monoisotopic (exact) mass is 290 g/mol. The molecule has 0 bridgehead atoms. The van der Waals surface area contributed by atoms with E-state index in [4.69, 9.17) is 10.6 Å². The first-order chi connectivity index (χ1) is 9.65. The van der Waals surface area contributed by atoms with Gasteiger partial charge in [0.05, 0.1) is 6.61 Å². The Morgan fingerprint density at radius 1 is 1.35 bits per heavy atom. The third kappa shape index (κ3) is 2.36. The Kier molecular flexibility index (Phi) is 3.35. The Hall–Kier alpha value is -2.02. The molecule has 1 aliphatic rings. The zero-order valence-corrected chi connectivity index (χ0v) is 11.8. The second-order valence-corrected chi connectivity index (χ2v) is 5.77. The Bertz CT molecular complexity index is 638. The molecule has 2 N–H and O–H groups in total. The number of cyclic esters (lactones) is 1. The molecule has 20 heavy (non-hydrogen) atoms. The van der Waals surface area contributed by atoms with Crippen molar-refractivity contribution < 1.29 is 9.53 Å². The molecule has 0 radical (unpaired) electrons. The molecule has 6 nitrogen and oxygen atoms in total. The van der Waals surface area contributed by atoms with E-state index in [9.17, 15) is 4.79 Å². The Labute approximate surface area is 120 Å². The number of rotatable bonds is 3. The highest BCUT2D eigenvalue weighted by Gasteiger charge is 2.29. The first-order valence-electron chi connectivity index (χ1n) is 6.26. The van der Waals surface area contributed by atoms with Crippen molar-refractivity contribution in [2.45, 2.75) is 23.8 Å². The lowest BCUT2D eigenvalue weighted by atomic mass is 10.1. The number of ether oxygens (including phenoxy) is 1. The highest BCUT2D eigenvalue weighted by molar-refractivity contribution is 8.00. The molecule has 1 fully saturated rings. The molecule has 2 heterocycles. The maximum absolute atomic E-state index is 11.5. The molecule has 0 aliphatic carbocycles. The average Bonchev–Trinajstić information content (AvgIpc) is 3.00. The van der Waals surface area contributed by atoms with Crippen LogP contribution < -0.4 is 5.84 Å². The van der Waals surface area contributed by atoms with Crippen LogP contribution in [0.2, 0.25) is 0 Å². The number of carbonyl (C=O) groups is 1. The van der Waals surface area contributed by atoms with Gasteiger partial charge in [0.1, 0.15) is 5.25 Å². The standard InChI is InChI=1S/C13H14N4O2S/c1-8-2-4-9(5-3-8)11-15-16-13(17(11)14)20-10-6-7-19-12(10)18/h2-5,10H,6-7,14H2,1H3. The van der Waals surface area contributed by atoms with E-state index in [1.165, 1.54) is 22.0 Å². The van der Waals surface area contributed by atoms with E-state index in [-0.39, 0.29) is 11.2 Å². The van der Waals surface area contributed by atoms with Crippen molar-refractivity contribution in [2.24, 2.45) is 0 Å². The van der Waals surface area contributed by atoms with E-state index < -0.39 is 0 Å². The smallest absolute Gasteiger partial charge is 0.319 e. The summed E-state index contributed by atoms with van der Waals surface area (Å²) in [5.41, 5.74) is 2.06. The maximum atomic E-state index is 11.5. The molecule has 7 heteroatoms. The van der Waals surface area contributed by atoms with E-state index >= 15 is 0 Å². The number of esters is 1. The molecule has 1 aliphatic heterocycles. The lowest BCUT2D eigenvalue weighted by Crippen LogP contribution is -2.15. The van der Waals surface area contributed by atoms with Crippen molar-refractivity contribution in [2.75, 3.05) is 12.4 Å². The van der Waals surface area contributed by atoms with Gasteiger partial charge in [-0.1, -0.05) is 41.6 Å². The number of hydrogen-bond donors (Lipinski definition) is 1. The van der Waals surface area contributed by atoms with Crippen molar-refractivity contribution >= 4 is 17.7 Å². The van der Waals surface area contributed by atoms with Gasteiger partial charge in [0.15, 0.2) is 5.82 Å². The Balaban J connectivity index is 1.85. The van der Waals surface area contributed by atoms with Crippen LogP contribution in [0.15, 0.2) is 29.4 Å². The molecule has 0 amide bonds. The third-order valence-corrected chi connectivity index (χ3v) is 4.31. The number of carbonyl (C=O) groups excluding carboxylic acids is 1. The number of aryl methyl sites for hydroxylation is 1. The summed E-state index contributed by atoms with van der Waals surface area (Å²) in [7, 11) is 0. The summed E-state index contributed by atoms with van der Waals surface area (Å²) in [6.07, 6.45) is 0.677. The molecule has 3 rings (SSSR count). The summed E-state index contributed by atoms with van der Waals surface area (Å²) in [5.74, 6) is 6.38. The van der Waals surface area contributed by atoms with Gasteiger partial charge in [0, 0.05) is 12.0 Å². The summed E-state index contributed by atoms with van der Waals surface area (Å²) in [5, 5.41) is 8.43. The highest BCUT2D eigenvalue weighted by Crippen LogP contribution is 2.29. The van der Waals surface area contributed by atoms with Gasteiger partial charge in [0.25, 0.3) is 0 Å². The van der Waals surface area contributed by atoms with Crippen LogP contribution in [0.4, 0.5) is 0 Å². The predicted octanol–water partition coefficient (Wildman–Crippen LogP) is 1.37. The predicted molar refractivity (Wildman–Crippen MR) is 75.6 cm³/mol. The minimum atomic E-state index is -0.243. The van der Waals surface area contributed by atoms with E-state index in [0.29, 0.717) is 24.0 Å². The Morgan fingerprint density at radius 3 is 2.75 bits per heavy atom. The van der Waals surface area contributed by atoms with Gasteiger partial charge < -0.3 is 10.6 Å². The zero-order chi connectivity index (χ0) is 14.1. The topological polar surface area (TPSA) is 83.0 Å². The molecule has 1 aromatic carbocycles. The van der Waals surface area contributed by atoms with E-state index in [1.54, 1.807) is 0 Å². The normalized spacial score (nSPS) is 18.2. The van der Waals surface area contributed by atoms with Gasteiger partial charge in [0.2, 0.25) is 5.16 Å². The molecule has 1 atom stereocenters. The van der Waals surface area contributed by atoms with Crippen molar-refractivity contribution in [3.05, 3.63) is 29.8 Å². The van der Waals surface area contributed by atoms with Crippen molar-refractivity contribution in [3.8, 4) is 11.4 Å². The molecular weight excluding hydrogens is 276 g/mol. The van der Waals surface area contributed by atoms with E-state index in [2.05, 4.69) is 10.2 Å². The molecule has 2 aromatic rings. The lowest BCUT2D eigenvalue weighted by molar-refractivity contribution is -0.137. The number of nitrogens with zero attached hydrogens (tertiary/aromatic N) is 3. The molecule has 1 unspecified atom stereocenters. The van der Waals surface area contributed by atoms with Crippen LogP contribution in [0, 0.1) is 6.92 Å². The average molecular weight is 290 g/mol. The summed E-state index contributed by atoms with van der Waals surface area (Å²) in [6.45, 7) is 2.48. The summed E-state index contributed by atoms with van der Waals surface area (Å²) >= 11 is 1.29. The molecule has 1 aromatic heterocycles. The molecule has 1 saturated heterocycles. The summed E-state index contributed by atoms with van der Waals surface area (Å²) in [6, 6.07) is 7.87. The number of nitrogen functional groups attached to an aromatic ring is 1. The van der Waals surface area contributed by atoms with Crippen molar-refractivity contribution in [1.29, 1.82) is 0 Å². The first kappa shape index (κ1) is 13.0. The van der Waals surface area contributed by atoms with Crippen molar-refractivity contribution in [3.63, 3.8) is 0 Å². The molecule has 104 valence electrons. The van der Waals surface area contributed by atoms with Crippen LogP contribution in [-0.2, 0) is 9.53 Å². The van der Waals surface area contributed by atoms with Crippen LogP contribution in [0.1, 0.15) is 12.0 Å². The summed E-state index contributed by atoms with van der Waals surface area (Å²) < 4.78 is 6.34. The zero-order valence-electron chi connectivity index (χ0n) is 10.9. The minimum Gasteiger partial charge on any atom is -0.465 e. The van der Waals surface area contributed by atoms with Gasteiger partial charge in [-0.25, -0.2) is 4.68 Å². The maximum Gasteiger partial charge on any atom is 0.319 e. The largest absolute Gasteiger partial charge is 0.465 e.